The van der Waals surface area contributed by atoms with Gasteiger partial charge in [-0.15, -0.1) is 11.3 Å². The number of primary amides is 1. The molecule has 0 aromatic carbocycles. The third-order valence-corrected chi connectivity index (χ3v) is 4.97. The quantitative estimate of drug-likeness (QED) is 0.748. The largest absolute Gasteiger partial charge is 0.365 e. The lowest BCUT2D eigenvalue weighted by molar-refractivity contribution is 0.0930. The van der Waals surface area contributed by atoms with Crippen LogP contribution in [0.15, 0.2) is 18.3 Å². The van der Waals surface area contributed by atoms with Crippen molar-refractivity contribution in [2.24, 2.45) is 5.73 Å². The summed E-state index contributed by atoms with van der Waals surface area (Å²) in [6.07, 6.45) is 1.33. The van der Waals surface area contributed by atoms with Gasteiger partial charge in [-0.2, -0.15) is 5.10 Å². The molecule has 0 saturated carbocycles. The number of hydrogen-bond donors (Lipinski definition) is 2. The van der Waals surface area contributed by atoms with E-state index in [-0.39, 0.29) is 23.2 Å². The summed E-state index contributed by atoms with van der Waals surface area (Å²) in [5, 5.41) is 7.09. The zero-order valence-corrected chi connectivity index (χ0v) is 15.3. The molecule has 1 atom stereocenters. The number of carbonyl (C=O) groups is 2. The number of aromatic nitrogens is 3. The number of fused-ring (bicyclic) bond motifs is 1. The van der Waals surface area contributed by atoms with Gasteiger partial charge in [-0.1, -0.05) is 0 Å². The molecule has 0 aliphatic rings. The molecular formula is C17H19N5O2S. The molecule has 3 heterocycles. The van der Waals surface area contributed by atoms with Gasteiger partial charge in [0.2, 0.25) is 0 Å². The van der Waals surface area contributed by atoms with Crippen LogP contribution < -0.4 is 11.1 Å². The van der Waals surface area contributed by atoms with Crippen molar-refractivity contribution in [3.8, 4) is 0 Å². The number of carbonyl (C=O) groups excluding carboxylic acids is 2. The highest BCUT2D eigenvalue weighted by atomic mass is 32.1. The Morgan fingerprint density at radius 1 is 1.28 bits per heavy atom. The molecule has 3 N–H and O–H groups in total. The molecule has 3 rings (SSSR count). The fourth-order valence-electron chi connectivity index (χ4n) is 2.85. The van der Waals surface area contributed by atoms with Crippen molar-refractivity contribution in [2.45, 2.75) is 33.7 Å². The van der Waals surface area contributed by atoms with Crippen LogP contribution in [0.5, 0.6) is 0 Å². The van der Waals surface area contributed by atoms with Crippen molar-refractivity contribution >= 4 is 28.8 Å². The van der Waals surface area contributed by atoms with E-state index in [0.29, 0.717) is 11.4 Å². The summed E-state index contributed by atoms with van der Waals surface area (Å²) < 4.78 is 1.35. The van der Waals surface area contributed by atoms with Gasteiger partial charge in [0.15, 0.2) is 5.65 Å². The normalized spacial score (nSPS) is 12.3. The number of nitrogens with zero attached hydrogens (tertiary/aromatic N) is 3. The summed E-state index contributed by atoms with van der Waals surface area (Å²) in [5.41, 5.74) is 7.83. The van der Waals surface area contributed by atoms with Crippen LogP contribution in [-0.4, -0.2) is 26.4 Å². The fourth-order valence-corrected chi connectivity index (χ4v) is 3.87. The van der Waals surface area contributed by atoms with Gasteiger partial charge in [0, 0.05) is 15.4 Å². The highest BCUT2D eigenvalue weighted by molar-refractivity contribution is 7.12. The molecule has 0 fully saturated rings. The van der Waals surface area contributed by atoms with E-state index in [9.17, 15) is 9.59 Å². The highest BCUT2D eigenvalue weighted by Crippen LogP contribution is 2.26. The number of aryl methyl sites for hydroxylation is 3. The number of amides is 2. The van der Waals surface area contributed by atoms with E-state index in [1.807, 2.05) is 20.8 Å². The van der Waals surface area contributed by atoms with Crippen molar-refractivity contribution in [3.63, 3.8) is 0 Å². The smallest absolute Gasteiger partial charge is 0.270 e. The Balaban J connectivity index is 1.97. The first-order valence-corrected chi connectivity index (χ1v) is 8.62. The average Bonchev–Trinajstić information content (AvgIpc) is 3.09. The summed E-state index contributed by atoms with van der Waals surface area (Å²) in [6, 6.07) is 3.57. The first-order valence-electron chi connectivity index (χ1n) is 7.81. The third-order valence-electron chi connectivity index (χ3n) is 3.99. The Bertz CT molecular complexity index is 988. The molecule has 0 aliphatic carbocycles. The van der Waals surface area contributed by atoms with E-state index in [1.165, 1.54) is 20.5 Å². The molecule has 0 spiro atoms. The maximum atomic E-state index is 12.8. The van der Waals surface area contributed by atoms with Crippen molar-refractivity contribution in [1.82, 2.24) is 19.9 Å². The van der Waals surface area contributed by atoms with E-state index in [2.05, 4.69) is 21.5 Å². The van der Waals surface area contributed by atoms with Crippen LogP contribution in [0.25, 0.3) is 5.65 Å². The molecule has 8 heteroatoms. The van der Waals surface area contributed by atoms with E-state index in [4.69, 9.17) is 5.73 Å². The minimum atomic E-state index is -0.628. The lowest BCUT2D eigenvalue weighted by Gasteiger charge is -2.15. The van der Waals surface area contributed by atoms with Gasteiger partial charge in [-0.05, 0) is 45.4 Å². The summed E-state index contributed by atoms with van der Waals surface area (Å²) in [7, 11) is 0. The van der Waals surface area contributed by atoms with Crippen LogP contribution in [0.4, 0.5) is 0 Å². The molecule has 25 heavy (non-hydrogen) atoms. The Hall–Kier alpha value is -2.74. The second-order valence-corrected chi connectivity index (χ2v) is 7.46. The Morgan fingerprint density at radius 2 is 2.00 bits per heavy atom. The second-order valence-electron chi connectivity index (χ2n) is 6.00. The maximum Gasteiger partial charge on any atom is 0.270 e. The van der Waals surface area contributed by atoms with Crippen molar-refractivity contribution < 1.29 is 9.59 Å². The number of thiophene rings is 1. The van der Waals surface area contributed by atoms with E-state index < -0.39 is 5.91 Å². The van der Waals surface area contributed by atoms with Gasteiger partial charge in [-0.3, -0.25) is 9.59 Å². The minimum absolute atomic E-state index is 0.146. The molecule has 3 aromatic heterocycles. The summed E-state index contributed by atoms with van der Waals surface area (Å²) in [6.45, 7) is 7.78. The van der Waals surface area contributed by atoms with E-state index >= 15 is 0 Å². The van der Waals surface area contributed by atoms with Gasteiger partial charge in [0.05, 0.1) is 12.2 Å². The van der Waals surface area contributed by atoms with E-state index in [0.717, 1.165) is 5.56 Å². The molecule has 0 saturated heterocycles. The lowest BCUT2D eigenvalue weighted by atomic mass is 10.1. The van der Waals surface area contributed by atoms with Gasteiger partial charge >= 0.3 is 0 Å². The van der Waals surface area contributed by atoms with Crippen LogP contribution in [0.1, 0.15) is 54.8 Å². The Morgan fingerprint density at radius 3 is 2.60 bits per heavy atom. The number of hydrogen-bond acceptors (Lipinski definition) is 5. The predicted octanol–water partition coefficient (Wildman–Crippen LogP) is 2.31. The highest BCUT2D eigenvalue weighted by Gasteiger charge is 2.20. The Kier molecular flexibility index (Phi) is 4.30. The van der Waals surface area contributed by atoms with Gasteiger partial charge in [0.25, 0.3) is 11.8 Å². The van der Waals surface area contributed by atoms with E-state index in [1.54, 1.807) is 24.3 Å². The maximum absolute atomic E-state index is 12.8. The van der Waals surface area contributed by atoms with Crippen molar-refractivity contribution in [2.75, 3.05) is 0 Å². The van der Waals surface area contributed by atoms with Crippen LogP contribution in [0, 0.1) is 20.8 Å². The van der Waals surface area contributed by atoms with Crippen molar-refractivity contribution in [3.05, 3.63) is 50.6 Å². The molecule has 0 radical (unpaired) electrons. The summed E-state index contributed by atoms with van der Waals surface area (Å²) in [5.74, 6) is -0.914. The Labute approximate surface area is 148 Å². The fraction of sp³-hybridized carbons (Fsp3) is 0.294. The van der Waals surface area contributed by atoms with Crippen LogP contribution in [0.3, 0.4) is 0 Å². The molecule has 0 aliphatic heterocycles. The zero-order chi connectivity index (χ0) is 18.3. The lowest BCUT2D eigenvalue weighted by Crippen LogP contribution is -2.29. The molecule has 7 nitrogen and oxygen atoms in total. The first-order chi connectivity index (χ1) is 11.8. The van der Waals surface area contributed by atoms with Gasteiger partial charge < -0.3 is 11.1 Å². The molecule has 1 unspecified atom stereocenters. The molecule has 130 valence electrons. The number of rotatable bonds is 4. The van der Waals surface area contributed by atoms with Crippen LogP contribution in [-0.2, 0) is 0 Å². The number of nitrogens with one attached hydrogen (secondary N) is 1. The first kappa shape index (κ1) is 17.1. The average molecular weight is 357 g/mol. The number of nitrogens with two attached hydrogens (primary N) is 1. The predicted molar refractivity (Wildman–Crippen MR) is 95.9 cm³/mol. The standard InChI is InChI=1S/C17H19N5O2S/c1-8-5-14(22-16(20-8)13(7-19-22)15(18)23)17(24)21-10(3)12-6-9(2)25-11(12)4/h5-7,10H,1-4H3,(H2,18,23)(H,21,24). The zero-order valence-electron chi connectivity index (χ0n) is 14.5. The van der Waals surface area contributed by atoms with Crippen molar-refractivity contribution in [1.29, 1.82) is 0 Å². The summed E-state index contributed by atoms with van der Waals surface area (Å²) >= 11 is 1.70. The summed E-state index contributed by atoms with van der Waals surface area (Å²) in [4.78, 5) is 30.9. The molecular weight excluding hydrogens is 338 g/mol. The third kappa shape index (κ3) is 3.12. The van der Waals surface area contributed by atoms with Gasteiger partial charge in [-0.25, -0.2) is 9.50 Å². The SMILES string of the molecule is Cc1cc(C(=O)NC(C)c2cc(C)sc2C)n2ncc(C(N)=O)c2n1. The van der Waals surface area contributed by atoms with Crippen LogP contribution in [0.2, 0.25) is 0 Å². The second kappa shape index (κ2) is 6.29. The molecule has 2 amide bonds. The molecule has 0 bridgehead atoms. The minimum Gasteiger partial charge on any atom is -0.365 e. The molecule has 3 aromatic rings. The van der Waals surface area contributed by atoms with Crippen LogP contribution >= 0.6 is 11.3 Å². The topological polar surface area (TPSA) is 102 Å². The van der Waals surface area contributed by atoms with Gasteiger partial charge in [0.1, 0.15) is 11.3 Å². The monoisotopic (exact) mass is 357 g/mol.